The Morgan fingerprint density at radius 3 is 2.14 bits per heavy atom. The molecule has 0 saturated carbocycles. The Bertz CT molecular complexity index is 1260. The molecule has 0 radical (unpaired) electrons. The van der Waals surface area contributed by atoms with E-state index in [1.807, 2.05) is 13.0 Å². The minimum Gasteiger partial charge on any atom is -0.508 e. The zero-order valence-electron chi connectivity index (χ0n) is 19.4. The van der Waals surface area contributed by atoms with Crippen LogP contribution < -0.4 is 21.3 Å². The maximum Gasteiger partial charge on any atom is 0.328 e. The predicted octanol–water partition coefficient (Wildman–Crippen LogP) is 2.64. The monoisotopic (exact) mass is 490 g/mol. The molecule has 4 amide bonds. The summed E-state index contributed by atoms with van der Waals surface area (Å²) in [5.74, 6) is -2.27. The van der Waals surface area contributed by atoms with Gasteiger partial charge in [-0.25, -0.2) is 9.59 Å². The van der Waals surface area contributed by atoms with E-state index < -0.39 is 23.9 Å². The van der Waals surface area contributed by atoms with Crippen molar-refractivity contribution in [2.75, 3.05) is 11.9 Å². The molecule has 0 bridgehead atoms. The molecule has 1 unspecified atom stereocenters. The van der Waals surface area contributed by atoms with Gasteiger partial charge in [-0.3, -0.25) is 9.59 Å². The Balaban J connectivity index is 1.52. The highest BCUT2D eigenvalue weighted by atomic mass is 16.4. The van der Waals surface area contributed by atoms with Crippen LogP contribution in [0, 0.1) is 6.92 Å². The van der Waals surface area contributed by atoms with Crippen LogP contribution >= 0.6 is 0 Å². The molecule has 0 aliphatic heterocycles. The second kappa shape index (κ2) is 12.0. The van der Waals surface area contributed by atoms with E-state index in [1.165, 1.54) is 36.4 Å². The summed E-state index contributed by atoms with van der Waals surface area (Å²) >= 11 is 0. The van der Waals surface area contributed by atoms with Gasteiger partial charge in [0, 0.05) is 23.4 Å². The van der Waals surface area contributed by atoms with Crippen LogP contribution in [0.5, 0.6) is 5.75 Å². The number of rotatable bonds is 9. The van der Waals surface area contributed by atoms with Crippen LogP contribution in [0.25, 0.3) is 0 Å². The average molecular weight is 491 g/mol. The first kappa shape index (κ1) is 25.8. The number of phenolic OH excluding ortho intramolecular Hbond substituents is 1. The number of carbonyl (C=O) groups excluding carboxylic acids is 3. The van der Waals surface area contributed by atoms with Gasteiger partial charge in [0.2, 0.25) is 0 Å². The molecule has 186 valence electrons. The zero-order valence-corrected chi connectivity index (χ0v) is 19.4. The summed E-state index contributed by atoms with van der Waals surface area (Å²) in [6, 6.07) is 17.3. The molecule has 0 fully saturated rings. The molecule has 10 nitrogen and oxygen atoms in total. The van der Waals surface area contributed by atoms with Crippen LogP contribution in [0.1, 0.15) is 31.8 Å². The van der Waals surface area contributed by atoms with E-state index in [9.17, 15) is 29.4 Å². The van der Waals surface area contributed by atoms with Gasteiger partial charge in [0.15, 0.2) is 0 Å². The summed E-state index contributed by atoms with van der Waals surface area (Å²) in [4.78, 5) is 48.6. The third-order valence-corrected chi connectivity index (χ3v) is 5.12. The Labute approximate surface area is 207 Å². The standard InChI is InChI=1S/C26H26N4O6/c1-16-4-2-6-20(12-16)29-26(36)28-15-22(25(34)35)30-24(33)19-10-8-18(9-11-19)23(32)27-14-17-5-3-7-21(31)13-17/h2-13,22,31H,14-15H2,1H3,(H,27,32)(H,30,33)(H,34,35)(H2,28,29,36). The van der Waals surface area contributed by atoms with Gasteiger partial charge < -0.3 is 31.5 Å². The van der Waals surface area contributed by atoms with Crippen molar-refractivity contribution in [3.05, 3.63) is 95.1 Å². The number of carbonyl (C=O) groups is 4. The number of aryl methyl sites for hydroxylation is 1. The molecule has 36 heavy (non-hydrogen) atoms. The van der Waals surface area contributed by atoms with Gasteiger partial charge in [-0.15, -0.1) is 0 Å². The van der Waals surface area contributed by atoms with Crippen molar-refractivity contribution < 1.29 is 29.4 Å². The van der Waals surface area contributed by atoms with E-state index in [0.717, 1.165) is 11.1 Å². The van der Waals surface area contributed by atoms with Gasteiger partial charge in [-0.05, 0) is 66.6 Å². The number of anilines is 1. The lowest BCUT2D eigenvalue weighted by molar-refractivity contribution is -0.139. The van der Waals surface area contributed by atoms with E-state index in [1.54, 1.807) is 30.3 Å². The molecule has 3 aromatic rings. The molecular weight excluding hydrogens is 464 g/mol. The Morgan fingerprint density at radius 2 is 1.50 bits per heavy atom. The highest BCUT2D eigenvalue weighted by molar-refractivity contribution is 5.99. The third kappa shape index (κ3) is 7.59. The summed E-state index contributed by atoms with van der Waals surface area (Å²) in [6.07, 6.45) is 0. The topological polar surface area (TPSA) is 157 Å². The van der Waals surface area contributed by atoms with Gasteiger partial charge in [0.25, 0.3) is 11.8 Å². The number of amides is 4. The van der Waals surface area contributed by atoms with Crippen LogP contribution in [-0.2, 0) is 11.3 Å². The molecule has 0 heterocycles. The smallest absolute Gasteiger partial charge is 0.328 e. The average Bonchev–Trinajstić information content (AvgIpc) is 2.85. The first-order valence-corrected chi connectivity index (χ1v) is 11.0. The lowest BCUT2D eigenvalue weighted by Gasteiger charge is -2.16. The van der Waals surface area contributed by atoms with E-state index in [2.05, 4.69) is 21.3 Å². The second-order valence-electron chi connectivity index (χ2n) is 8.00. The number of hydrogen-bond donors (Lipinski definition) is 6. The summed E-state index contributed by atoms with van der Waals surface area (Å²) in [5, 5.41) is 29.0. The van der Waals surface area contributed by atoms with Gasteiger partial charge in [0.1, 0.15) is 11.8 Å². The fourth-order valence-electron chi connectivity index (χ4n) is 3.26. The SMILES string of the molecule is Cc1cccc(NC(=O)NCC(NC(=O)c2ccc(C(=O)NCc3cccc(O)c3)cc2)C(=O)O)c1. The fraction of sp³-hybridized carbons (Fsp3) is 0.154. The van der Waals surface area contributed by atoms with Crippen LogP contribution in [-0.4, -0.2) is 46.6 Å². The number of carboxylic acid groups (broad SMARTS) is 1. The fourth-order valence-corrected chi connectivity index (χ4v) is 3.26. The Hall–Kier alpha value is -4.86. The summed E-state index contributed by atoms with van der Waals surface area (Å²) in [7, 11) is 0. The predicted molar refractivity (Wildman–Crippen MR) is 133 cm³/mol. The maximum absolute atomic E-state index is 12.5. The van der Waals surface area contributed by atoms with Crippen LogP contribution in [0.3, 0.4) is 0 Å². The molecular formula is C26H26N4O6. The Kier molecular flexibility index (Phi) is 8.60. The first-order valence-electron chi connectivity index (χ1n) is 11.0. The summed E-state index contributed by atoms with van der Waals surface area (Å²) < 4.78 is 0. The molecule has 3 rings (SSSR count). The van der Waals surface area contributed by atoms with Crippen molar-refractivity contribution in [1.29, 1.82) is 0 Å². The molecule has 3 aromatic carbocycles. The number of benzene rings is 3. The maximum atomic E-state index is 12.5. The molecule has 0 aliphatic rings. The van der Waals surface area contributed by atoms with Crippen molar-refractivity contribution in [1.82, 2.24) is 16.0 Å². The van der Waals surface area contributed by atoms with Crippen LogP contribution in [0.15, 0.2) is 72.8 Å². The van der Waals surface area contributed by atoms with Crippen LogP contribution in [0.4, 0.5) is 10.5 Å². The highest BCUT2D eigenvalue weighted by Gasteiger charge is 2.21. The van der Waals surface area contributed by atoms with Crippen molar-refractivity contribution in [2.24, 2.45) is 0 Å². The van der Waals surface area contributed by atoms with E-state index >= 15 is 0 Å². The zero-order chi connectivity index (χ0) is 26.1. The number of aromatic hydroxyl groups is 1. The molecule has 10 heteroatoms. The van der Waals surface area contributed by atoms with Gasteiger partial charge in [-0.1, -0.05) is 24.3 Å². The van der Waals surface area contributed by atoms with Crippen molar-refractivity contribution in [3.63, 3.8) is 0 Å². The molecule has 0 saturated heterocycles. The van der Waals surface area contributed by atoms with Crippen molar-refractivity contribution >= 4 is 29.5 Å². The largest absolute Gasteiger partial charge is 0.508 e. The first-order chi connectivity index (χ1) is 17.2. The number of urea groups is 1. The van der Waals surface area contributed by atoms with Crippen molar-refractivity contribution in [2.45, 2.75) is 19.5 Å². The van der Waals surface area contributed by atoms with Gasteiger partial charge in [0.05, 0.1) is 6.54 Å². The summed E-state index contributed by atoms with van der Waals surface area (Å²) in [5.41, 5.74) is 2.67. The molecule has 0 spiro atoms. The van der Waals surface area contributed by atoms with E-state index in [0.29, 0.717) is 11.3 Å². The van der Waals surface area contributed by atoms with Gasteiger partial charge >= 0.3 is 12.0 Å². The minimum absolute atomic E-state index is 0.0962. The van der Waals surface area contributed by atoms with E-state index in [-0.39, 0.29) is 30.3 Å². The number of phenols is 1. The highest BCUT2D eigenvalue weighted by Crippen LogP contribution is 2.11. The normalized spacial score (nSPS) is 11.1. The number of aliphatic carboxylic acids is 1. The quantitative estimate of drug-likeness (QED) is 0.271. The number of nitrogens with one attached hydrogen (secondary N) is 4. The molecule has 6 N–H and O–H groups in total. The molecule has 0 aliphatic carbocycles. The molecule has 0 aromatic heterocycles. The lowest BCUT2D eigenvalue weighted by atomic mass is 10.1. The van der Waals surface area contributed by atoms with Gasteiger partial charge in [-0.2, -0.15) is 0 Å². The second-order valence-corrected chi connectivity index (χ2v) is 8.00. The number of carboxylic acids is 1. The summed E-state index contributed by atoms with van der Waals surface area (Å²) in [6.45, 7) is 1.74. The van der Waals surface area contributed by atoms with E-state index in [4.69, 9.17) is 0 Å². The number of hydrogen-bond acceptors (Lipinski definition) is 5. The molecule has 1 atom stereocenters. The minimum atomic E-state index is -1.37. The third-order valence-electron chi connectivity index (χ3n) is 5.12. The lowest BCUT2D eigenvalue weighted by Crippen LogP contribution is -2.49. The van der Waals surface area contributed by atoms with Crippen molar-refractivity contribution in [3.8, 4) is 5.75 Å². The Morgan fingerprint density at radius 1 is 0.833 bits per heavy atom. The van der Waals surface area contributed by atoms with Crippen LogP contribution in [0.2, 0.25) is 0 Å².